The highest BCUT2D eigenvalue weighted by Gasteiger charge is 2.28. The SMILES string of the molecule is CCCS(=O)(=O)NCCC1(C)OCCCO1. The maximum atomic E-state index is 11.4. The van der Waals surface area contributed by atoms with Crippen LogP contribution in [0.25, 0.3) is 0 Å². The van der Waals surface area contributed by atoms with Crippen molar-refractivity contribution in [3.8, 4) is 0 Å². The van der Waals surface area contributed by atoms with E-state index in [1.165, 1.54) is 0 Å². The van der Waals surface area contributed by atoms with Crippen molar-refractivity contribution in [3.05, 3.63) is 0 Å². The van der Waals surface area contributed by atoms with Crippen molar-refractivity contribution in [3.63, 3.8) is 0 Å². The summed E-state index contributed by atoms with van der Waals surface area (Å²) >= 11 is 0. The summed E-state index contributed by atoms with van der Waals surface area (Å²) in [5, 5.41) is 0. The Morgan fingerprint density at radius 3 is 2.50 bits per heavy atom. The van der Waals surface area contributed by atoms with E-state index in [2.05, 4.69) is 4.72 Å². The van der Waals surface area contributed by atoms with Gasteiger partial charge in [0.25, 0.3) is 0 Å². The van der Waals surface area contributed by atoms with Gasteiger partial charge in [0.1, 0.15) is 0 Å². The molecule has 0 radical (unpaired) electrons. The van der Waals surface area contributed by atoms with Crippen molar-refractivity contribution >= 4 is 10.0 Å². The molecule has 1 heterocycles. The molecule has 1 aliphatic rings. The van der Waals surface area contributed by atoms with Crippen LogP contribution in [0.15, 0.2) is 0 Å². The van der Waals surface area contributed by atoms with Gasteiger partial charge in [0, 0.05) is 13.0 Å². The molecule has 0 aliphatic carbocycles. The predicted octanol–water partition coefficient (Wildman–Crippen LogP) is 0.859. The molecular weight excluding hydrogens is 230 g/mol. The van der Waals surface area contributed by atoms with Crippen LogP contribution in [0.3, 0.4) is 0 Å². The van der Waals surface area contributed by atoms with Crippen molar-refractivity contribution in [1.82, 2.24) is 4.72 Å². The first kappa shape index (κ1) is 13.9. The zero-order chi connectivity index (χ0) is 12.1. The molecule has 0 saturated carbocycles. The van der Waals surface area contributed by atoms with Gasteiger partial charge in [0.15, 0.2) is 5.79 Å². The van der Waals surface area contributed by atoms with Gasteiger partial charge in [0.2, 0.25) is 10.0 Å². The lowest BCUT2D eigenvalue weighted by Crippen LogP contribution is -2.41. The van der Waals surface area contributed by atoms with E-state index >= 15 is 0 Å². The molecule has 5 nitrogen and oxygen atoms in total. The largest absolute Gasteiger partial charge is 0.350 e. The minimum Gasteiger partial charge on any atom is -0.350 e. The first-order chi connectivity index (χ1) is 7.47. The number of ether oxygens (including phenoxy) is 2. The molecule has 1 aliphatic heterocycles. The third-order valence-corrected chi connectivity index (χ3v) is 4.07. The molecule has 1 saturated heterocycles. The van der Waals surface area contributed by atoms with Gasteiger partial charge in [-0.3, -0.25) is 0 Å². The second-order valence-electron chi connectivity index (χ2n) is 4.15. The van der Waals surface area contributed by atoms with E-state index in [-0.39, 0.29) is 5.75 Å². The molecular formula is C10H21NO4S. The maximum Gasteiger partial charge on any atom is 0.211 e. The van der Waals surface area contributed by atoms with Crippen LogP contribution in [0.4, 0.5) is 0 Å². The Balaban J connectivity index is 2.29. The molecule has 0 unspecified atom stereocenters. The Kier molecular flexibility index (Phi) is 5.17. The fourth-order valence-electron chi connectivity index (χ4n) is 1.60. The normalized spacial score (nSPS) is 20.9. The molecule has 1 fully saturated rings. The fraction of sp³-hybridized carbons (Fsp3) is 1.00. The van der Waals surface area contributed by atoms with Gasteiger partial charge in [-0.2, -0.15) is 0 Å². The summed E-state index contributed by atoms with van der Waals surface area (Å²) in [4.78, 5) is 0. The monoisotopic (exact) mass is 251 g/mol. The fourth-order valence-corrected chi connectivity index (χ4v) is 2.69. The maximum absolute atomic E-state index is 11.4. The molecule has 0 aromatic carbocycles. The van der Waals surface area contributed by atoms with Gasteiger partial charge >= 0.3 is 0 Å². The molecule has 0 bridgehead atoms. The van der Waals surface area contributed by atoms with E-state index in [1.54, 1.807) is 0 Å². The van der Waals surface area contributed by atoms with Gasteiger partial charge < -0.3 is 9.47 Å². The zero-order valence-corrected chi connectivity index (χ0v) is 10.8. The average Bonchev–Trinajstić information content (AvgIpc) is 2.17. The molecule has 0 aromatic heterocycles. The second kappa shape index (κ2) is 5.95. The van der Waals surface area contributed by atoms with Crippen LogP contribution in [0.2, 0.25) is 0 Å². The Morgan fingerprint density at radius 2 is 1.94 bits per heavy atom. The predicted molar refractivity (Wildman–Crippen MR) is 61.6 cm³/mol. The molecule has 1 N–H and O–H groups in total. The van der Waals surface area contributed by atoms with Crippen LogP contribution in [0.5, 0.6) is 0 Å². The van der Waals surface area contributed by atoms with E-state index in [1.807, 2.05) is 13.8 Å². The number of hydrogen-bond acceptors (Lipinski definition) is 4. The third kappa shape index (κ3) is 4.78. The summed E-state index contributed by atoms with van der Waals surface area (Å²) in [6, 6.07) is 0. The summed E-state index contributed by atoms with van der Waals surface area (Å²) in [7, 11) is -3.12. The minimum absolute atomic E-state index is 0.172. The van der Waals surface area contributed by atoms with Gasteiger partial charge in [0.05, 0.1) is 19.0 Å². The van der Waals surface area contributed by atoms with Crippen LogP contribution in [-0.4, -0.2) is 39.7 Å². The van der Waals surface area contributed by atoms with Gasteiger partial charge in [-0.1, -0.05) is 6.92 Å². The molecule has 0 amide bonds. The van der Waals surface area contributed by atoms with E-state index < -0.39 is 15.8 Å². The lowest BCUT2D eigenvalue weighted by Gasteiger charge is -2.33. The summed E-state index contributed by atoms with van der Waals surface area (Å²) in [5.41, 5.74) is 0. The van der Waals surface area contributed by atoms with Crippen LogP contribution < -0.4 is 4.72 Å². The number of hydrogen-bond donors (Lipinski definition) is 1. The molecule has 96 valence electrons. The van der Waals surface area contributed by atoms with Crippen molar-refractivity contribution in [2.24, 2.45) is 0 Å². The summed E-state index contributed by atoms with van der Waals surface area (Å²) in [6.45, 7) is 5.41. The van der Waals surface area contributed by atoms with Gasteiger partial charge in [-0.15, -0.1) is 0 Å². The first-order valence-electron chi connectivity index (χ1n) is 5.73. The smallest absolute Gasteiger partial charge is 0.211 e. The Morgan fingerprint density at radius 1 is 1.31 bits per heavy atom. The second-order valence-corrected chi connectivity index (χ2v) is 6.07. The van der Waals surface area contributed by atoms with Crippen LogP contribution in [-0.2, 0) is 19.5 Å². The molecule has 0 spiro atoms. The Labute approximate surface area is 97.6 Å². The topological polar surface area (TPSA) is 64.6 Å². The van der Waals surface area contributed by atoms with Crippen molar-refractivity contribution in [2.45, 2.75) is 38.9 Å². The quantitative estimate of drug-likeness (QED) is 0.760. The molecule has 6 heteroatoms. The lowest BCUT2D eigenvalue weighted by atomic mass is 10.2. The van der Waals surface area contributed by atoms with Crippen molar-refractivity contribution in [1.29, 1.82) is 0 Å². The number of nitrogens with one attached hydrogen (secondary N) is 1. The molecule has 0 aromatic rings. The molecule has 0 atom stereocenters. The van der Waals surface area contributed by atoms with Crippen molar-refractivity contribution < 1.29 is 17.9 Å². The number of sulfonamides is 1. The summed E-state index contributed by atoms with van der Waals surface area (Å²) in [5.74, 6) is -0.460. The Hall–Kier alpha value is -0.170. The summed E-state index contributed by atoms with van der Waals surface area (Å²) in [6.07, 6.45) is 2.06. The molecule has 16 heavy (non-hydrogen) atoms. The van der Waals surface area contributed by atoms with E-state index in [9.17, 15) is 8.42 Å². The standard InChI is InChI=1S/C10H21NO4S/c1-3-9-16(12,13)11-6-5-10(2)14-7-4-8-15-10/h11H,3-9H2,1-2H3. The van der Waals surface area contributed by atoms with E-state index in [0.717, 1.165) is 6.42 Å². The zero-order valence-electron chi connectivity index (χ0n) is 9.99. The van der Waals surface area contributed by atoms with Crippen LogP contribution in [0.1, 0.15) is 33.1 Å². The minimum atomic E-state index is -3.12. The van der Waals surface area contributed by atoms with E-state index in [0.29, 0.717) is 32.6 Å². The Bertz CT molecular complexity index is 296. The van der Waals surface area contributed by atoms with Crippen molar-refractivity contribution in [2.75, 3.05) is 25.5 Å². The lowest BCUT2D eigenvalue weighted by molar-refractivity contribution is -0.257. The summed E-state index contributed by atoms with van der Waals surface area (Å²) < 4.78 is 36.3. The van der Waals surface area contributed by atoms with E-state index in [4.69, 9.17) is 9.47 Å². The van der Waals surface area contributed by atoms with Crippen LogP contribution >= 0.6 is 0 Å². The number of rotatable bonds is 6. The van der Waals surface area contributed by atoms with Crippen LogP contribution in [0, 0.1) is 0 Å². The third-order valence-electron chi connectivity index (χ3n) is 2.48. The molecule has 1 rings (SSSR count). The highest BCUT2D eigenvalue weighted by molar-refractivity contribution is 7.89. The first-order valence-corrected chi connectivity index (χ1v) is 7.38. The van der Waals surface area contributed by atoms with Gasteiger partial charge in [-0.25, -0.2) is 13.1 Å². The average molecular weight is 251 g/mol. The van der Waals surface area contributed by atoms with Gasteiger partial charge in [-0.05, 0) is 19.8 Å². The highest BCUT2D eigenvalue weighted by atomic mass is 32.2. The highest BCUT2D eigenvalue weighted by Crippen LogP contribution is 2.21.